The quantitative estimate of drug-likeness (QED) is 0.705. The van der Waals surface area contributed by atoms with E-state index in [4.69, 9.17) is 9.84 Å². The maximum Gasteiger partial charge on any atom is 0.315 e. The van der Waals surface area contributed by atoms with Crippen molar-refractivity contribution in [1.82, 2.24) is 0 Å². The third-order valence-corrected chi connectivity index (χ3v) is 2.54. The van der Waals surface area contributed by atoms with Crippen molar-refractivity contribution in [3.8, 4) is 5.75 Å². The van der Waals surface area contributed by atoms with Crippen LogP contribution in [0.15, 0.2) is 18.2 Å². The van der Waals surface area contributed by atoms with Crippen molar-refractivity contribution >= 4 is 29.2 Å². The van der Waals surface area contributed by atoms with Gasteiger partial charge >= 0.3 is 5.97 Å². The van der Waals surface area contributed by atoms with Crippen LogP contribution in [0.2, 0.25) is 0 Å². The number of hydrogen-bond acceptors (Lipinski definition) is 4. The molecule has 1 aromatic carbocycles. The number of carbonyl (C=O) groups excluding carboxylic acids is 2. The van der Waals surface area contributed by atoms with Gasteiger partial charge in [0.25, 0.3) is 0 Å². The molecule has 1 aromatic rings. The summed E-state index contributed by atoms with van der Waals surface area (Å²) in [4.78, 5) is 33.5. The third kappa shape index (κ3) is 3.98. The molecule has 0 bridgehead atoms. The minimum Gasteiger partial charge on any atom is -0.495 e. The molecule has 0 radical (unpaired) electrons. The van der Waals surface area contributed by atoms with Gasteiger partial charge in [-0.15, -0.1) is 0 Å². The van der Waals surface area contributed by atoms with Gasteiger partial charge in [0, 0.05) is 12.6 Å². The van der Waals surface area contributed by atoms with Crippen LogP contribution >= 0.6 is 0 Å². The molecule has 0 saturated heterocycles. The van der Waals surface area contributed by atoms with Crippen LogP contribution in [0.1, 0.15) is 13.8 Å². The first-order valence-corrected chi connectivity index (χ1v) is 5.84. The molecule has 20 heavy (non-hydrogen) atoms. The highest BCUT2D eigenvalue weighted by molar-refractivity contribution is 6.05. The van der Waals surface area contributed by atoms with Gasteiger partial charge in [-0.3, -0.25) is 14.4 Å². The fourth-order valence-corrected chi connectivity index (χ4v) is 1.44. The number of anilines is 2. The molecule has 7 nitrogen and oxygen atoms in total. The van der Waals surface area contributed by atoms with Crippen molar-refractivity contribution in [3.05, 3.63) is 18.2 Å². The van der Waals surface area contributed by atoms with Crippen LogP contribution in [0.3, 0.4) is 0 Å². The Morgan fingerprint density at radius 3 is 2.40 bits per heavy atom. The lowest BCUT2D eigenvalue weighted by Gasteiger charge is -2.13. The van der Waals surface area contributed by atoms with Crippen molar-refractivity contribution in [3.63, 3.8) is 0 Å². The van der Waals surface area contributed by atoms with E-state index in [-0.39, 0.29) is 11.6 Å². The highest BCUT2D eigenvalue weighted by atomic mass is 16.5. The summed E-state index contributed by atoms with van der Waals surface area (Å²) in [5, 5.41) is 13.8. The molecule has 7 heteroatoms. The molecule has 3 N–H and O–H groups in total. The van der Waals surface area contributed by atoms with Gasteiger partial charge in [-0.1, -0.05) is 0 Å². The van der Waals surface area contributed by atoms with Crippen molar-refractivity contribution in [2.24, 2.45) is 5.92 Å². The number of methoxy groups -OCH3 is 1. The molecular weight excluding hydrogens is 264 g/mol. The Balaban J connectivity index is 2.99. The second-order valence-corrected chi connectivity index (χ2v) is 4.15. The SMILES string of the molecule is COc1ccc(NC(C)=O)cc1NC(=O)C(C)C(=O)O. The van der Waals surface area contributed by atoms with E-state index in [0.29, 0.717) is 11.4 Å². The molecule has 0 spiro atoms. The third-order valence-electron chi connectivity index (χ3n) is 2.54. The molecule has 0 aliphatic rings. The van der Waals surface area contributed by atoms with Crippen LogP contribution in [0.5, 0.6) is 5.75 Å². The number of aliphatic carboxylic acids is 1. The predicted octanol–water partition coefficient (Wildman–Crippen LogP) is 1.31. The average molecular weight is 280 g/mol. The van der Waals surface area contributed by atoms with E-state index < -0.39 is 17.8 Å². The van der Waals surface area contributed by atoms with Crippen LogP contribution in [0.4, 0.5) is 11.4 Å². The lowest BCUT2D eigenvalue weighted by atomic mass is 10.1. The average Bonchev–Trinajstić information content (AvgIpc) is 2.37. The summed E-state index contributed by atoms with van der Waals surface area (Å²) in [5.41, 5.74) is 0.758. The maximum absolute atomic E-state index is 11.7. The number of nitrogens with one attached hydrogen (secondary N) is 2. The van der Waals surface area contributed by atoms with E-state index >= 15 is 0 Å². The Morgan fingerprint density at radius 1 is 1.25 bits per heavy atom. The molecule has 0 heterocycles. The summed E-state index contributed by atoms with van der Waals surface area (Å²) in [6.45, 7) is 2.64. The summed E-state index contributed by atoms with van der Waals surface area (Å²) in [6, 6.07) is 4.66. The van der Waals surface area contributed by atoms with Gasteiger partial charge in [0.15, 0.2) is 0 Å². The molecule has 1 rings (SSSR count). The smallest absolute Gasteiger partial charge is 0.315 e. The van der Waals surface area contributed by atoms with Gasteiger partial charge in [0.2, 0.25) is 11.8 Å². The number of benzene rings is 1. The highest BCUT2D eigenvalue weighted by Crippen LogP contribution is 2.28. The standard InChI is InChI=1S/C13H16N2O5/c1-7(13(18)19)12(17)15-10-6-9(14-8(2)16)4-5-11(10)20-3/h4-7H,1-3H3,(H,14,16)(H,15,17)(H,18,19). The van der Waals surface area contributed by atoms with Gasteiger partial charge in [-0.05, 0) is 25.1 Å². The second-order valence-electron chi connectivity index (χ2n) is 4.15. The number of hydrogen-bond donors (Lipinski definition) is 3. The summed E-state index contributed by atoms with van der Waals surface area (Å²) >= 11 is 0. The fraction of sp³-hybridized carbons (Fsp3) is 0.308. The maximum atomic E-state index is 11.7. The van der Waals surface area contributed by atoms with Crippen molar-refractivity contribution < 1.29 is 24.2 Å². The minimum absolute atomic E-state index is 0.258. The lowest BCUT2D eigenvalue weighted by Crippen LogP contribution is -2.27. The molecule has 1 unspecified atom stereocenters. The van der Waals surface area contributed by atoms with Crippen LogP contribution in [0, 0.1) is 5.92 Å². The Morgan fingerprint density at radius 2 is 1.90 bits per heavy atom. The van der Waals surface area contributed by atoms with E-state index in [0.717, 1.165) is 0 Å². The Hall–Kier alpha value is -2.57. The zero-order valence-corrected chi connectivity index (χ0v) is 11.4. The number of amides is 2. The van der Waals surface area contributed by atoms with Crippen molar-refractivity contribution in [2.75, 3.05) is 17.7 Å². The summed E-state index contributed by atoms with van der Waals surface area (Å²) in [7, 11) is 1.42. The molecule has 0 saturated carbocycles. The van der Waals surface area contributed by atoms with Crippen LogP contribution in [-0.4, -0.2) is 30.0 Å². The van der Waals surface area contributed by atoms with Crippen molar-refractivity contribution in [1.29, 1.82) is 0 Å². The molecular formula is C13H16N2O5. The van der Waals surface area contributed by atoms with Crippen LogP contribution < -0.4 is 15.4 Å². The summed E-state index contributed by atoms with van der Waals surface area (Å²) in [5.74, 6) is -2.98. The molecule has 0 aliphatic carbocycles. The van der Waals surface area contributed by atoms with E-state index in [2.05, 4.69) is 10.6 Å². The minimum atomic E-state index is -1.22. The van der Waals surface area contributed by atoms with Crippen LogP contribution in [-0.2, 0) is 14.4 Å². The lowest BCUT2D eigenvalue weighted by molar-refractivity contribution is -0.144. The number of carboxylic acids is 1. The van der Waals surface area contributed by atoms with E-state index in [9.17, 15) is 14.4 Å². The van der Waals surface area contributed by atoms with Gasteiger partial charge in [0.05, 0.1) is 12.8 Å². The fourth-order valence-electron chi connectivity index (χ4n) is 1.44. The monoisotopic (exact) mass is 280 g/mol. The van der Waals surface area contributed by atoms with E-state index in [1.165, 1.54) is 27.0 Å². The molecule has 108 valence electrons. The second kappa shape index (κ2) is 6.55. The molecule has 0 aliphatic heterocycles. The topological polar surface area (TPSA) is 105 Å². The summed E-state index contributed by atoms with van der Waals surface area (Å²) < 4.78 is 5.07. The molecule has 0 fully saturated rings. The van der Waals surface area contributed by atoms with Gasteiger partial charge in [-0.25, -0.2) is 0 Å². The zero-order chi connectivity index (χ0) is 15.3. The van der Waals surface area contributed by atoms with Gasteiger partial charge in [0.1, 0.15) is 11.7 Å². The normalized spacial score (nSPS) is 11.3. The van der Waals surface area contributed by atoms with E-state index in [1.54, 1.807) is 12.1 Å². The summed E-state index contributed by atoms with van der Waals surface area (Å²) in [6.07, 6.45) is 0. The predicted molar refractivity (Wildman–Crippen MR) is 72.7 cm³/mol. The van der Waals surface area contributed by atoms with Gasteiger partial charge in [-0.2, -0.15) is 0 Å². The van der Waals surface area contributed by atoms with Crippen molar-refractivity contribution in [2.45, 2.75) is 13.8 Å². The zero-order valence-electron chi connectivity index (χ0n) is 11.4. The number of carboxylic acid groups (broad SMARTS) is 1. The van der Waals surface area contributed by atoms with Gasteiger partial charge < -0.3 is 20.5 Å². The van der Waals surface area contributed by atoms with Crippen LogP contribution in [0.25, 0.3) is 0 Å². The van der Waals surface area contributed by atoms with E-state index in [1.807, 2.05) is 0 Å². The molecule has 2 amide bonds. The number of rotatable bonds is 5. The largest absolute Gasteiger partial charge is 0.495 e. The number of ether oxygens (including phenoxy) is 1. The molecule has 0 aromatic heterocycles. The number of carbonyl (C=O) groups is 3. The Kier molecular flexibility index (Phi) is 5.08. The molecule has 1 atom stereocenters. The first-order valence-electron chi connectivity index (χ1n) is 5.84. The first kappa shape index (κ1) is 15.5. The Labute approximate surface area is 115 Å². The Bertz CT molecular complexity index is 542. The first-order chi connectivity index (χ1) is 9.35. The highest BCUT2D eigenvalue weighted by Gasteiger charge is 2.21.